The molecule has 4 heteroatoms. The Morgan fingerprint density at radius 3 is 2.41 bits per heavy atom. The lowest BCUT2D eigenvalue weighted by atomic mass is 9.99. The van der Waals surface area contributed by atoms with Gasteiger partial charge in [-0.25, -0.2) is 4.79 Å². The van der Waals surface area contributed by atoms with Crippen molar-refractivity contribution in [1.82, 2.24) is 5.32 Å². The number of hydrogen-bond donors (Lipinski definition) is 1. The summed E-state index contributed by atoms with van der Waals surface area (Å²) in [7, 11) is 0. The summed E-state index contributed by atoms with van der Waals surface area (Å²) >= 11 is 0. The number of esters is 1. The third-order valence-corrected chi connectivity index (χ3v) is 3.97. The minimum absolute atomic E-state index is 0.248. The van der Waals surface area contributed by atoms with Gasteiger partial charge in [0.05, 0.1) is 0 Å². The molecule has 0 saturated carbocycles. The summed E-state index contributed by atoms with van der Waals surface area (Å²) < 4.78 is 4.67. The molecule has 1 heterocycles. The maximum atomic E-state index is 12.4. The van der Waals surface area contributed by atoms with Gasteiger partial charge >= 0.3 is 5.97 Å². The molecule has 1 atom stereocenters. The standard InChI is InChI=1S/C18H13NO3/c20-17(19-16-10-22-18(16)21)14-7-3-6-13-8-11-4-1-2-5-12(11)9-15(13)14/h1-9,16H,10H2,(H,19,20). The Bertz CT molecular complexity index is 916. The summed E-state index contributed by atoms with van der Waals surface area (Å²) in [5.74, 6) is -0.624. The zero-order valence-electron chi connectivity index (χ0n) is 11.7. The van der Waals surface area contributed by atoms with Crippen LogP contribution in [0.2, 0.25) is 0 Å². The molecule has 1 N–H and O–H groups in total. The van der Waals surface area contributed by atoms with Crippen molar-refractivity contribution in [2.45, 2.75) is 6.04 Å². The van der Waals surface area contributed by atoms with Crippen LogP contribution in [0.3, 0.4) is 0 Å². The molecule has 1 amide bonds. The molecule has 1 aliphatic rings. The van der Waals surface area contributed by atoms with E-state index in [-0.39, 0.29) is 18.5 Å². The van der Waals surface area contributed by atoms with Gasteiger partial charge in [-0.1, -0.05) is 36.4 Å². The molecule has 3 aromatic carbocycles. The first kappa shape index (κ1) is 12.8. The van der Waals surface area contributed by atoms with Crippen molar-refractivity contribution in [2.75, 3.05) is 6.61 Å². The van der Waals surface area contributed by atoms with E-state index in [9.17, 15) is 9.59 Å². The molecule has 0 aliphatic carbocycles. The molecule has 4 rings (SSSR count). The highest BCUT2D eigenvalue weighted by atomic mass is 16.6. The van der Waals surface area contributed by atoms with Gasteiger partial charge < -0.3 is 10.1 Å². The summed E-state index contributed by atoms with van der Waals surface area (Å²) in [6.07, 6.45) is 0. The van der Waals surface area contributed by atoms with Crippen molar-refractivity contribution in [3.8, 4) is 0 Å². The largest absolute Gasteiger partial charge is 0.461 e. The number of benzene rings is 3. The Morgan fingerprint density at radius 1 is 1.00 bits per heavy atom. The molecular weight excluding hydrogens is 278 g/mol. The molecule has 1 fully saturated rings. The Labute approximate surface area is 126 Å². The van der Waals surface area contributed by atoms with E-state index in [1.54, 1.807) is 6.07 Å². The molecule has 0 bridgehead atoms. The lowest BCUT2D eigenvalue weighted by Crippen LogP contribution is -2.52. The van der Waals surface area contributed by atoms with Crippen LogP contribution in [0.5, 0.6) is 0 Å². The van der Waals surface area contributed by atoms with Crippen LogP contribution < -0.4 is 5.32 Å². The number of nitrogens with one attached hydrogen (secondary N) is 1. The number of carbonyl (C=O) groups is 2. The van der Waals surface area contributed by atoms with Crippen LogP contribution in [-0.2, 0) is 9.53 Å². The average Bonchev–Trinajstić information content (AvgIpc) is 2.55. The maximum absolute atomic E-state index is 12.4. The van der Waals surface area contributed by atoms with Crippen LogP contribution in [0.15, 0.2) is 54.6 Å². The summed E-state index contributed by atoms with van der Waals surface area (Å²) in [5, 5.41) is 6.81. The highest BCUT2D eigenvalue weighted by Crippen LogP contribution is 2.25. The van der Waals surface area contributed by atoms with Crippen molar-refractivity contribution in [3.63, 3.8) is 0 Å². The maximum Gasteiger partial charge on any atom is 0.332 e. The third-order valence-electron chi connectivity index (χ3n) is 3.97. The molecule has 0 aromatic heterocycles. The van der Waals surface area contributed by atoms with Crippen molar-refractivity contribution < 1.29 is 14.3 Å². The predicted molar refractivity (Wildman–Crippen MR) is 83.7 cm³/mol. The first-order valence-corrected chi connectivity index (χ1v) is 7.11. The Morgan fingerprint density at radius 2 is 1.73 bits per heavy atom. The number of carbonyl (C=O) groups excluding carboxylic acids is 2. The highest BCUT2D eigenvalue weighted by Gasteiger charge is 2.32. The van der Waals surface area contributed by atoms with Gasteiger partial charge in [0.15, 0.2) is 6.04 Å². The molecule has 3 aromatic rings. The van der Waals surface area contributed by atoms with Gasteiger partial charge in [0.1, 0.15) is 6.61 Å². The Balaban J connectivity index is 1.81. The fourth-order valence-electron chi connectivity index (χ4n) is 2.74. The van der Waals surface area contributed by atoms with Gasteiger partial charge in [-0.2, -0.15) is 0 Å². The van der Waals surface area contributed by atoms with Crippen molar-refractivity contribution in [3.05, 3.63) is 60.2 Å². The van der Waals surface area contributed by atoms with E-state index in [0.29, 0.717) is 5.56 Å². The summed E-state index contributed by atoms with van der Waals surface area (Å²) in [5.41, 5.74) is 0.572. The molecule has 0 radical (unpaired) electrons. The van der Waals surface area contributed by atoms with Crippen LogP contribution in [0.4, 0.5) is 0 Å². The van der Waals surface area contributed by atoms with E-state index in [0.717, 1.165) is 21.5 Å². The fraction of sp³-hybridized carbons (Fsp3) is 0.111. The quantitative estimate of drug-likeness (QED) is 0.583. The summed E-state index contributed by atoms with van der Waals surface area (Å²) in [4.78, 5) is 23.6. The first-order valence-electron chi connectivity index (χ1n) is 7.11. The van der Waals surface area contributed by atoms with Gasteiger partial charge in [-0.3, -0.25) is 4.79 Å². The number of ether oxygens (including phenoxy) is 1. The van der Waals surface area contributed by atoms with Gasteiger partial charge in [0.25, 0.3) is 5.91 Å². The van der Waals surface area contributed by atoms with E-state index in [1.165, 1.54) is 0 Å². The molecule has 4 nitrogen and oxygen atoms in total. The van der Waals surface area contributed by atoms with E-state index in [4.69, 9.17) is 0 Å². The second-order valence-electron chi connectivity index (χ2n) is 5.38. The van der Waals surface area contributed by atoms with Crippen LogP contribution in [0.25, 0.3) is 21.5 Å². The molecule has 1 saturated heterocycles. The lowest BCUT2D eigenvalue weighted by molar-refractivity contribution is -0.162. The molecule has 1 unspecified atom stereocenters. The van der Waals surface area contributed by atoms with Gasteiger partial charge in [-0.15, -0.1) is 0 Å². The monoisotopic (exact) mass is 291 g/mol. The first-order chi connectivity index (χ1) is 10.7. The van der Waals surface area contributed by atoms with Crippen LogP contribution in [0.1, 0.15) is 10.4 Å². The zero-order valence-corrected chi connectivity index (χ0v) is 11.7. The number of cyclic esters (lactones) is 1. The topological polar surface area (TPSA) is 55.4 Å². The van der Waals surface area contributed by atoms with Gasteiger partial charge in [0.2, 0.25) is 0 Å². The Kier molecular flexibility index (Phi) is 2.82. The molecular formula is C18H13NO3. The Hall–Kier alpha value is -2.88. The minimum atomic E-state index is -0.525. The minimum Gasteiger partial charge on any atom is -0.461 e. The lowest BCUT2D eigenvalue weighted by Gasteiger charge is -2.25. The number of rotatable bonds is 2. The summed E-state index contributed by atoms with van der Waals surface area (Å²) in [6, 6.07) is 17.2. The van der Waals surface area contributed by atoms with Crippen LogP contribution in [-0.4, -0.2) is 24.5 Å². The van der Waals surface area contributed by atoms with E-state index in [1.807, 2.05) is 42.5 Å². The number of amides is 1. The number of hydrogen-bond acceptors (Lipinski definition) is 3. The van der Waals surface area contributed by atoms with E-state index < -0.39 is 6.04 Å². The van der Waals surface area contributed by atoms with Crippen molar-refractivity contribution in [1.29, 1.82) is 0 Å². The highest BCUT2D eigenvalue weighted by molar-refractivity contribution is 6.11. The van der Waals surface area contributed by atoms with Crippen molar-refractivity contribution >= 4 is 33.4 Å². The van der Waals surface area contributed by atoms with E-state index >= 15 is 0 Å². The van der Waals surface area contributed by atoms with Crippen LogP contribution in [0, 0.1) is 0 Å². The van der Waals surface area contributed by atoms with E-state index in [2.05, 4.69) is 16.1 Å². The average molecular weight is 291 g/mol. The predicted octanol–water partition coefficient (Wildman–Crippen LogP) is 2.65. The van der Waals surface area contributed by atoms with Gasteiger partial charge in [-0.05, 0) is 39.7 Å². The molecule has 22 heavy (non-hydrogen) atoms. The fourth-order valence-corrected chi connectivity index (χ4v) is 2.74. The van der Waals surface area contributed by atoms with Crippen molar-refractivity contribution in [2.24, 2.45) is 0 Å². The second-order valence-corrected chi connectivity index (χ2v) is 5.38. The zero-order chi connectivity index (χ0) is 15.1. The second kappa shape index (κ2) is 4.84. The number of fused-ring (bicyclic) bond motifs is 2. The van der Waals surface area contributed by atoms with Gasteiger partial charge in [0, 0.05) is 5.56 Å². The molecule has 108 valence electrons. The smallest absolute Gasteiger partial charge is 0.332 e. The van der Waals surface area contributed by atoms with Crippen LogP contribution >= 0.6 is 0 Å². The third kappa shape index (κ3) is 2.00. The molecule has 0 spiro atoms. The molecule has 1 aliphatic heterocycles. The SMILES string of the molecule is O=C(NC1COC1=O)c1cccc2cc3ccccc3cc12. The summed E-state index contributed by atoms with van der Waals surface area (Å²) in [6.45, 7) is 0.248. The normalized spacial score (nSPS) is 17.1.